The molecule has 0 fully saturated rings. The summed E-state index contributed by atoms with van der Waals surface area (Å²) < 4.78 is 78.2. The van der Waals surface area contributed by atoms with Gasteiger partial charge in [-0.05, 0) is 29.6 Å². The summed E-state index contributed by atoms with van der Waals surface area (Å²) in [7, 11) is 0. The van der Waals surface area contributed by atoms with Crippen LogP contribution in [-0.2, 0) is 23.7 Å². The molecule has 2 heterocycles. The molecule has 0 saturated heterocycles. The van der Waals surface area contributed by atoms with Crippen LogP contribution in [0.2, 0.25) is 0 Å². The monoisotopic (exact) mass is 447 g/mol. The number of hydrogen-bond acceptors (Lipinski definition) is 4. The average Bonchev–Trinajstić information content (AvgIpc) is 3.16. The molecule has 3 aromatic rings. The van der Waals surface area contributed by atoms with Crippen molar-refractivity contribution < 1.29 is 31.1 Å². The zero-order valence-corrected chi connectivity index (χ0v) is 15.5. The van der Waals surface area contributed by atoms with E-state index in [4.69, 9.17) is 0 Å². The molecule has 0 bridgehead atoms. The maximum atomic E-state index is 12.9. The molecule has 0 radical (unpaired) electrons. The molecule has 3 rings (SSSR count). The quantitative estimate of drug-likeness (QED) is 0.593. The number of halogens is 6. The Morgan fingerprint density at radius 1 is 1.03 bits per heavy atom. The highest BCUT2D eigenvalue weighted by Gasteiger charge is 2.37. The van der Waals surface area contributed by atoms with Crippen molar-refractivity contribution in [3.8, 4) is 10.6 Å². The van der Waals surface area contributed by atoms with Crippen molar-refractivity contribution in [2.45, 2.75) is 18.9 Å². The Morgan fingerprint density at radius 3 is 2.17 bits per heavy atom. The standard InChI is InChI=1S/C18H11F6N3O2S/c19-17(20,21)10-4-11(18(22,23)24)6-12(5-10)26-15(28)8-27-9-25-13(7-16(27)29)14-2-1-3-30-14/h1-7,9H,8H2,(H,26,28). The molecule has 1 N–H and O–H groups in total. The molecule has 1 aromatic carbocycles. The van der Waals surface area contributed by atoms with E-state index in [0.29, 0.717) is 22.7 Å². The summed E-state index contributed by atoms with van der Waals surface area (Å²) in [6.45, 7) is -0.645. The molecule has 0 aliphatic carbocycles. The Kier molecular flexibility index (Phi) is 5.70. The van der Waals surface area contributed by atoms with E-state index in [-0.39, 0.29) is 6.07 Å². The molecule has 158 valence electrons. The number of hydrogen-bond donors (Lipinski definition) is 1. The van der Waals surface area contributed by atoms with Crippen molar-refractivity contribution in [1.82, 2.24) is 9.55 Å². The second kappa shape index (κ2) is 7.94. The van der Waals surface area contributed by atoms with Crippen LogP contribution in [0.3, 0.4) is 0 Å². The number of alkyl halides is 6. The molecule has 0 atom stereocenters. The Bertz CT molecular complexity index is 1090. The third-order valence-corrected chi connectivity index (χ3v) is 4.73. The van der Waals surface area contributed by atoms with Crippen LogP contribution >= 0.6 is 11.3 Å². The van der Waals surface area contributed by atoms with Crippen molar-refractivity contribution in [2.75, 3.05) is 5.32 Å². The number of benzene rings is 1. The molecule has 1 amide bonds. The number of nitrogens with one attached hydrogen (secondary N) is 1. The second-order valence-corrected chi connectivity index (χ2v) is 7.01. The maximum Gasteiger partial charge on any atom is 0.416 e. The van der Waals surface area contributed by atoms with Crippen LogP contribution in [0, 0.1) is 0 Å². The minimum atomic E-state index is -5.04. The molecule has 30 heavy (non-hydrogen) atoms. The first-order valence-corrected chi connectivity index (χ1v) is 9.01. The van der Waals surface area contributed by atoms with Crippen LogP contribution in [0.5, 0.6) is 0 Å². The fraction of sp³-hybridized carbons (Fsp3) is 0.167. The van der Waals surface area contributed by atoms with Gasteiger partial charge >= 0.3 is 12.4 Å². The third-order valence-electron chi connectivity index (χ3n) is 3.84. The second-order valence-electron chi connectivity index (χ2n) is 6.06. The molecular weight excluding hydrogens is 436 g/mol. The van der Waals surface area contributed by atoms with E-state index in [0.717, 1.165) is 10.9 Å². The lowest BCUT2D eigenvalue weighted by molar-refractivity contribution is -0.143. The van der Waals surface area contributed by atoms with Gasteiger partial charge in [0.15, 0.2) is 0 Å². The normalized spacial score (nSPS) is 12.1. The van der Waals surface area contributed by atoms with Crippen molar-refractivity contribution in [1.29, 1.82) is 0 Å². The van der Waals surface area contributed by atoms with Gasteiger partial charge in [-0.15, -0.1) is 11.3 Å². The number of carbonyl (C=O) groups is 1. The SMILES string of the molecule is O=C(Cn1cnc(-c2cccs2)cc1=O)Nc1cc(C(F)(F)F)cc(C(F)(F)F)c1. The van der Waals surface area contributed by atoms with Crippen LogP contribution in [0.15, 0.2) is 52.9 Å². The number of rotatable bonds is 4. The lowest BCUT2D eigenvalue weighted by Crippen LogP contribution is -2.27. The van der Waals surface area contributed by atoms with Gasteiger partial charge in [-0.3, -0.25) is 14.2 Å². The van der Waals surface area contributed by atoms with Gasteiger partial charge in [-0.2, -0.15) is 26.3 Å². The van der Waals surface area contributed by atoms with E-state index < -0.39 is 47.2 Å². The highest BCUT2D eigenvalue weighted by Crippen LogP contribution is 2.37. The lowest BCUT2D eigenvalue weighted by atomic mass is 10.1. The van der Waals surface area contributed by atoms with Crippen LogP contribution in [0.1, 0.15) is 11.1 Å². The molecule has 12 heteroatoms. The predicted octanol–water partition coefficient (Wildman–Crippen LogP) is 4.65. The van der Waals surface area contributed by atoms with Gasteiger partial charge in [0.05, 0.1) is 28.0 Å². The first-order chi connectivity index (χ1) is 13.9. The van der Waals surface area contributed by atoms with E-state index in [1.54, 1.807) is 17.5 Å². The summed E-state index contributed by atoms with van der Waals surface area (Å²) in [4.78, 5) is 29.0. The molecule has 0 unspecified atom stereocenters. The number of anilines is 1. The first kappa shape index (κ1) is 21.6. The zero-order chi connectivity index (χ0) is 22.1. The van der Waals surface area contributed by atoms with E-state index in [9.17, 15) is 35.9 Å². The molecule has 0 aliphatic heterocycles. The summed E-state index contributed by atoms with van der Waals surface area (Å²) in [5, 5.41) is 3.74. The molecule has 2 aromatic heterocycles. The van der Waals surface area contributed by atoms with Gasteiger partial charge < -0.3 is 5.32 Å². The van der Waals surface area contributed by atoms with Gasteiger partial charge in [0.2, 0.25) is 5.91 Å². The first-order valence-electron chi connectivity index (χ1n) is 8.13. The Hall–Kier alpha value is -3.15. The predicted molar refractivity (Wildman–Crippen MR) is 96.9 cm³/mol. The van der Waals surface area contributed by atoms with Crippen LogP contribution in [-0.4, -0.2) is 15.5 Å². The summed E-state index contributed by atoms with van der Waals surface area (Å²) in [6, 6.07) is 5.38. The number of thiophene rings is 1. The molecular formula is C18H11F6N3O2S. The fourth-order valence-corrected chi connectivity index (χ4v) is 3.18. The van der Waals surface area contributed by atoms with Crippen LogP contribution in [0.25, 0.3) is 10.6 Å². The number of nitrogens with zero attached hydrogens (tertiary/aromatic N) is 2. The lowest BCUT2D eigenvalue weighted by Gasteiger charge is -2.15. The zero-order valence-electron chi connectivity index (χ0n) is 14.7. The van der Waals surface area contributed by atoms with E-state index in [2.05, 4.69) is 4.98 Å². The average molecular weight is 447 g/mol. The van der Waals surface area contributed by atoms with E-state index in [1.165, 1.54) is 17.4 Å². The van der Waals surface area contributed by atoms with Gasteiger partial charge in [-0.1, -0.05) is 6.07 Å². The molecule has 5 nitrogen and oxygen atoms in total. The Labute approximate surface area is 168 Å². The highest BCUT2D eigenvalue weighted by atomic mass is 32.1. The number of carbonyl (C=O) groups excluding carboxylic acids is 1. The Balaban J connectivity index is 1.82. The minimum absolute atomic E-state index is 0.0482. The highest BCUT2D eigenvalue weighted by molar-refractivity contribution is 7.13. The maximum absolute atomic E-state index is 12.9. The smallest absolute Gasteiger partial charge is 0.325 e. The van der Waals surface area contributed by atoms with Gasteiger partial charge in [0, 0.05) is 11.8 Å². The van der Waals surface area contributed by atoms with Crippen molar-refractivity contribution >= 4 is 22.9 Å². The van der Waals surface area contributed by atoms with Crippen molar-refractivity contribution in [2.24, 2.45) is 0 Å². The largest absolute Gasteiger partial charge is 0.416 e. The van der Waals surface area contributed by atoms with Crippen LogP contribution in [0.4, 0.5) is 32.0 Å². The molecule has 0 aliphatic rings. The Morgan fingerprint density at radius 2 is 1.67 bits per heavy atom. The number of amides is 1. The molecule has 0 spiro atoms. The van der Waals surface area contributed by atoms with E-state index >= 15 is 0 Å². The minimum Gasteiger partial charge on any atom is -0.325 e. The van der Waals surface area contributed by atoms with Crippen LogP contribution < -0.4 is 10.9 Å². The van der Waals surface area contributed by atoms with Crippen molar-refractivity contribution in [3.05, 3.63) is 69.6 Å². The fourth-order valence-electron chi connectivity index (χ4n) is 2.49. The van der Waals surface area contributed by atoms with Gasteiger partial charge in [-0.25, -0.2) is 4.98 Å². The molecule has 0 saturated carbocycles. The van der Waals surface area contributed by atoms with Crippen molar-refractivity contribution in [3.63, 3.8) is 0 Å². The summed E-state index contributed by atoms with van der Waals surface area (Å²) in [5.74, 6) is -0.991. The third kappa shape index (κ3) is 5.06. The van der Waals surface area contributed by atoms with E-state index in [1.807, 2.05) is 5.32 Å². The number of aromatic nitrogens is 2. The summed E-state index contributed by atoms with van der Waals surface area (Å²) in [6.07, 6.45) is -9.01. The topological polar surface area (TPSA) is 64.0 Å². The van der Waals surface area contributed by atoms with Gasteiger partial charge in [0.1, 0.15) is 6.54 Å². The van der Waals surface area contributed by atoms with Gasteiger partial charge in [0.25, 0.3) is 5.56 Å². The summed E-state index contributed by atoms with van der Waals surface area (Å²) >= 11 is 1.34. The summed E-state index contributed by atoms with van der Waals surface area (Å²) in [5.41, 5.74) is -4.06.